The molecule has 0 fully saturated rings. The smallest absolute Gasteiger partial charge is 0.241 e. The van der Waals surface area contributed by atoms with E-state index in [2.05, 4.69) is 10.3 Å². The molecule has 2 aromatic rings. The first kappa shape index (κ1) is 25.1. The van der Waals surface area contributed by atoms with Crippen LogP contribution >= 0.6 is 59.8 Å². The number of nitrogens with zero attached hydrogens (tertiary/aromatic N) is 1. The van der Waals surface area contributed by atoms with Gasteiger partial charge in [-0.15, -0.1) is 24.8 Å². The van der Waals surface area contributed by atoms with Gasteiger partial charge in [0.05, 0.1) is 11.1 Å². The summed E-state index contributed by atoms with van der Waals surface area (Å²) in [4.78, 5) is 16.0. The van der Waals surface area contributed by atoms with E-state index < -0.39 is 6.04 Å². The van der Waals surface area contributed by atoms with Crippen LogP contribution in [-0.4, -0.2) is 28.9 Å². The molecule has 0 unspecified atom stereocenters. The molecule has 0 aliphatic heterocycles. The van der Waals surface area contributed by atoms with Crippen LogP contribution in [-0.2, 0) is 4.79 Å². The van der Waals surface area contributed by atoms with Crippen LogP contribution in [0, 0.1) is 0 Å². The number of halogens is 4. The molecule has 1 atom stereocenters. The average molecular weight is 459 g/mol. The Morgan fingerprint density at radius 1 is 1.31 bits per heavy atom. The number of ether oxygens (including phenoxy) is 1. The molecule has 1 aromatic carbocycles. The van der Waals surface area contributed by atoms with Crippen LogP contribution in [0.1, 0.15) is 6.42 Å². The van der Waals surface area contributed by atoms with E-state index in [-0.39, 0.29) is 36.6 Å². The van der Waals surface area contributed by atoms with Gasteiger partial charge < -0.3 is 15.8 Å². The number of carbonyl (C=O) groups excluding carboxylic acids is 1. The molecule has 0 aliphatic carbocycles. The van der Waals surface area contributed by atoms with Gasteiger partial charge in [-0.05, 0) is 48.8 Å². The Hall–Kier alpha value is -0.890. The lowest BCUT2D eigenvalue weighted by Crippen LogP contribution is -2.36. The third-order valence-electron chi connectivity index (χ3n) is 3.08. The molecule has 3 N–H and O–H groups in total. The second-order valence-electron chi connectivity index (χ2n) is 4.94. The van der Waals surface area contributed by atoms with Crippen molar-refractivity contribution in [1.29, 1.82) is 0 Å². The molecular formula is C16H19Cl4N3O2S. The van der Waals surface area contributed by atoms with Crippen LogP contribution in [0.15, 0.2) is 36.5 Å². The highest BCUT2D eigenvalue weighted by Gasteiger charge is 2.13. The molecule has 1 heterocycles. The van der Waals surface area contributed by atoms with Crippen molar-refractivity contribution < 1.29 is 9.53 Å². The number of anilines is 1. The summed E-state index contributed by atoms with van der Waals surface area (Å²) >= 11 is 13.5. The lowest BCUT2D eigenvalue weighted by atomic mass is 10.2. The molecular weight excluding hydrogens is 440 g/mol. The molecule has 0 radical (unpaired) electrons. The summed E-state index contributed by atoms with van der Waals surface area (Å²) in [5, 5.41) is 3.53. The molecule has 1 amide bonds. The van der Waals surface area contributed by atoms with Crippen LogP contribution in [0.3, 0.4) is 0 Å². The van der Waals surface area contributed by atoms with E-state index in [4.69, 9.17) is 33.7 Å². The highest BCUT2D eigenvalue weighted by atomic mass is 35.5. The number of carbonyl (C=O) groups is 1. The normalized spacial score (nSPS) is 10.9. The van der Waals surface area contributed by atoms with E-state index in [0.29, 0.717) is 27.9 Å². The standard InChI is InChI=1S/C16H17Cl2N3O2S.2ClH/c1-24-7-6-14(19)15(22)21-11-2-4-12(5-3-11)23-16-13(18)8-10(17)9-20-16;;/h2-5,8-9,14H,6-7,19H2,1H3,(H,21,22);2*1H/t14-;;/m0../s1. The quantitative estimate of drug-likeness (QED) is 0.607. The molecule has 0 bridgehead atoms. The van der Waals surface area contributed by atoms with Crippen LogP contribution in [0.2, 0.25) is 10.0 Å². The van der Waals surface area contributed by atoms with Gasteiger partial charge in [0.25, 0.3) is 0 Å². The van der Waals surface area contributed by atoms with Gasteiger partial charge >= 0.3 is 0 Å². The van der Waals surface area contributed by atoms with Gasteiger partial charge in [-0.2, -0.15) is 11.8 Å². The van der Waals surface area contributed by atoms with E-state index in [0.717, 1.165) is 5.75 Å². The first-order chi connectivity index (χ1) is 11.5. The molecule has 0 saturated carbocycles. The number of rotatable bonds is 7. The summed E-state index contributed by atoms with van der Waals surface area (Å²) in [6, 6.07) is 7.88. The Balaban J connectivity index is 0.00000312. The predicted octanol–water partition coefficient (Wildman–Crippen LogP) is 5.04. The number of hydrogen-bond acceptors (Lipinski definition) is 5. The average Bonchev–Trinajstić information content (AvgIpc) is 2.56. The van der Waals surface area contributed by atoms with Crippen LogP contribution in [0.25, 0.3) is 0 Å². The minimum absolute atomic E-state index is 0. The third-order valence-corrected chi connectivity index (χ3v) is 4.20. The fraction of sp³-hybridized carbons (Fsp3) is 0.250. The first-order valence-electron chi connectivity index (χ1n) is 7.14. The van der Waals surface area contributed by atoms with Crippen molar-refractivity contribution >= 4 is 71.4 Å². The largest absolute Gasteiger partial charge is 0.438 e. The van der Waals surface area contributed by atoms with E-state index in [1.807, 2.05) is 6.26 Å². The molecule has 144 valence electrons. The number of thioether (sulfide) groups is 1. The van der Waals surface area contributed by atoms with Crippen molar-refractivity contribution in [3.63, 3.8) is 0 Å². The van der Waals surface area contributed by atoms with Crippen molar-refractivity contribution in [1.82, 2.24) is 4.98 Å². The molecule has 10 heteroatoms. The van der Waals surface area contributed by atoms with E-state index in [1.54, 1.807) is 42.1 Å². The summed E-state index contributed by atoms with van der Waals surface area (Å²) in [6.07, 6.45) is 4.06. The first-order valence-corrected chi connectivity index (χ1v) is 9.29. The van der Waals surface area contributed by atoms with E-state index in [1.165, 1.54) is 6.20 Å². The number of pyridine rings is 1. The molecule has 2 rings (SSSR count). The summed E-state index contributed by atoms with van der Waals surface area (Å²) < 4.78 is 5.58. The molecule has 5 nitrogen and oxygen atoms in total. The van der Waals surface area contributed by atoms with Gasteiger partial charge in [0.1, 0.15) is 10.8 Å². The maximum Gasteiger partial charge on any atom is 0.241 e. The third kappa shape index (κ3) is 7.78. The van der Waals surface area contributed by atoms with E-state index >= 15 is 0 Å². The van der Waals surface area contributed by atoms with Gasteiger partial charge in [0.15, 0.2) is 0 Å². The van der Waals surface area contributed by atoms with Crippen LogP contribution < -0.4 is 15.8 Å². The molecule has 0 aliphatic rings. The van der Waals surface area contributed by atoms with Gasteiger partial charge in [-0.25, -0.2) is 4.98 Å². The van der Waals surface area contributed by atoms with E-state index in [9.17, 15) is 4.79 Å². The Kier molecular flexibility index (Phi) is 12.1. The van der Waals surface area contributed by atoms with Crippen molar-refractivity contribution in [3.05, 3.63) is 46.6 Å². The number of hydrogen-bond donors (Lipinski definition) is 2. The molecule has 1 aromatic heterocycles. The topological polar surface area (TPSA) is 77.2 Å². The monoisotopic (exact) mass is 457 g/mol. The van der Waals surface area contributed by atoms with Gasteiger partial charge in [0.2, 0.25) is 11.8 Å². The highest BCUT2D eigenvalue weighted by molar-refractivity contribution is 7.98. The number of nitrogens with two attached hydrogens (primary N) is 1. The SMILES string of the molecule is CSCC[C@H](N)C(=O)Nc1ccc(Oc2ncc(Cl)cc2Cl)cc1.Cl.Cl. The summed E-state index contributed by atoms with van der Waals surface area (Å²) in [7, 11) is 0. The number of nitrogens with one attached hydrogen (secondary N) is 1. The molecule has 26 heavy (non-hydrogen) atoms. The van der Waals surface area contributed by atoms with Gasteiger partial charge in [0, 0.05) is 11.9 Å². The minimum atomic E-state index is -0.523. The fourth-order valence-electron chi connectivity index (χ4n) is 1.81. The second-order valence-corrected chi connectivity index (χ2v) is 6.77. The second kappa shape index (κ2) is 12.5. The fourth-order valence-corrected chi connectivity index (χ4v) is 2.71. The van der Waals surface area contributed by atoms with Crippen molar-refractivity contribution in [2.75, 3.05) is 17.3 Å². The zero-order valence-corrected chi connectivity index (χ0v) is 17.7. The van der Waals surface area contributed by atoms with Crippen LogP contribution in [0.5, 0.6) is 11.6 Å². The lowest BCUT2D eigenvalue weighted by molar-refractivity contribution is -0.117. The Bertz CT molecular complexity index is 704. The number of aromatic nitrogens is 1. The summed E-state index contributed by atoms with van der Waals surface area (Å²) in [5.41, 5.74) is 6.47. The Morgan fingerprint density at radius 3 is 2.54 bits per heavy atom. The zero-order valence-electron chi connectivity index (χ0n) is 13.8. The van der Waals surface area contributed by atoms with Crippen molar-refractivity contribution in [2.45, 2.75) is 12.5 Å². The maximum absolute atomic E-state index is 12.0. The highest BCUT2D eigenvalue weighted by Crippen LogP contribution is 2.29. The zero-order chi connectivity index (χ0) is 17.5. The maximum atomic E-state index is 12.0. The lowest BCUT2D eigenvalue weighted by Gasteiger charge is -2.12. The predicted molar refractivity (Wildman–Crippen MR) is 115 cm³/mol. The summed E-state index contributed by atoms with van der Waals surface area (Å²) in [5.74, 6) is 1.43. The summed E-state index contributed by atoms with van der Waals surface area (Å²) in [6.45, 7) is 0. The van der Waals surface area contributed by atoms with Crippen molar-refractivity contribution in [2.24, 2.45) is 5.73 Å². The molecule has 0 saturated heterocycles. The van der Waals surface area contributed by atoms with Crippen molar-refractivity contribution in [3.8, 4) is 11.6 Å². The Morgan fingerprint density at radius 2 is 1.96 bits per heavy atom. The minimum Gasteiger partial charge on any atom is -0.438 e. The number of amides is 1. The molecule has 0 spiro atoms. The Labute approximate surface area is 179 Å². The van der Waals surface area contributed by atoms with Crippen LogP contribution in [0.4, 0.5) is 5.69 Å². The number of benzene rings is 1. The van der Waals surface area contributed by atoms with Gasteiger partial charge in [-0.1, -0.05) is 23.2 Å². The van der Waals surface area contributed by atoms with Gasteiger partial charge in [-0.3, -0.25) is 4.79 Å².